The molecule has 0 aromatic rings. The molecule has 3 nitrogen and oxygen atoms in total. The first-order valence-corrected chi connectivity index (χ1v) is 8.16. The molecule has 0 radical (unpaired) electrons. The lowest BCUT2D eigenvalue weighted by molar-refractivity contribution is 0.240. The van der Waals surface area contributed by atoms with Crippen molar-refractivity contribution in [2.75, 3.05) is 18.4 Å². The lowest BCUT2D eigenvalue weighted by Gasteiger charge is -2.06. The highest BCUT2D eigenvalue weighted by molar-refractivity contribution is 9.09. The van der Waals surface area contributed by atoms with E-state index in [9.17, 15) is 4.79 Å². The molecule has 0 fully saturated rings. The number of urea groups is 1. The van der Waals surface area contributed by atoms with Crippen molar-refractivity contribution < 1.29 is 4.79 Å². The van der Waals surface area contributed by atoms with E-state index in [2.05, 4.69) is 45.6 Å². The van der Waals surface area contributed by atoms with Crippen molar-refractivity contribution in [1.29, 1.82) is 0 Å². The van der Waals surface area contributed by atoms with Crippen molar-refractivity contribution in [3.05, 3.63) is 12.2 Å². The molecule has 0 aliphatic rings. The molecule has 2 amide bonds. The molecule has 106 valence electrons. The minimum absolute atomic E-state index is 0.0269. The molecule has 2 N–H and O–H groups in total. The Kier molecular flexibility index (Phi) is 14.1. The molecular formula is C14H27BrN2O. The fraction of sp³-hybridized carbons (Fsp3) is 0.786. The van der Waals surface area contributed by atoms with E-state index < -0.39 is 0 Å². The van der Waals surface area contributed by atoms with Gasteiger partial charge in [-0.05, 0) is 32.1 Å². The summed E-state index contributed by atoms with van der Waals surface area (Å²) in [4.78, 5) is 11.3. The van der Waals surface area contributed by atoms with Gasteiger partial charge in [-0.3, -0.25) is 0 Å². The van der Waals surface area contributed by atoms with Crippen LogP contribution in [0.1, 0.15) is 51.9 Å². The normalized spacial score (nSPS) is 10.8. The molecule has 0 bridgehead atoms. The molecule has 0 aliphatic carbocycles. The van der Waals surface area contributed by atoms with Gasteiger partial charge >= 0.3 is 6.03 Å². The molecule has 0 saturated heterocycles. The summed E-state index contributed by atoms with van der Waals surface area (Å²) in [5.74, 6) is 0. The first-order chi connectivity index (χ1) is 8.81. The van der Waals surface area contributed by atoms with Crippen molar-refractivity contribution in [3.8, 4) is 0 Å². The maximum Gasteiger partial charge on any atom is 0.314 e. The summed E-state index contributed by atoms with van der Waals surface area (Å²) in [6.45, 7) is 3.72. The number of rotatable bonds is 11. The summed E-state index contributed by atoms with van der Waals surface area (Å²) in [6, 6.07) is -0.0269. The van der Waals surface area contributed by atoms with Crippen molar-refractivity contribution in [1.82, 2.24) is 10.6 Å². The number of hydrogen-bond donors (Lipinski definition) is 2. The SMILES string of the molecule is CCCCCNC(=O)NCCCC/C=C\CCBr. The van der Waals surface area contributed by atoms with Crippen LogP contribution in [0.2, 0.25) is 0 Å². The number of allylic oxidation sites excluding steroid dienone is 2. The third-order valence-electron chi connectivity index (χ3n) is 2.59. The Morgan fingerprint density at radius 3 is 2.22 bits per heavy atom. The van der Waals surface area contributed by atoms with Gasteiger partial charge in [0.2, 0.25) is 0 Å². The number of carbonyl (C=O) groups is 1. The van der Waals surface area contributed by atoms with Crippen LogP contribution in [-0.4, -0.2) is 24.5 Å². The van der Waals surface area contributed by atoms with E-state index in [0.717, 1.165) is 50.5 Å². The number of carbonyl (C=O) groups excluding carboxylic acids is 1. The fourth-order valence-electron chi connectivity index (χ4n) is 1.53. The Bertz CT molecular complexity index is 220. The largest absolute Gasteiger partial charge is 0.338 e. The Labute approximate surface area is 120 Å². The molecule has 0 heterocycles. The molecule has 4 heteroatoms. The second-order valence-electron chi connectivity index (χ2n) is 4.33. The number of amides is 2. The van der Waals surface area contributed by atoms with Crippen molar-refractivity contribution >= 4 is 22.0 Å². The molecule has 0 atom stereocenters. The first-order valence-electron chi connectivity index (χ1n) is 7.04. The molecule has 0 spiro atoms. The highest BCUT2D eigenvalue weighted by Crippen LogP contribution is 1.97. The van der Waals surface area contributed by atoms with Crippen LogP contribution in [-0.2, 0) is 0 Å². The first kappa shape index (κ1) is 17.5. The predicted molar refractivity (Wildman–Crippen MR) is 82.3 cm³/mol. The van der Waals surface area contributed by atoms with Crippen LogP contribution >= 0.6 is 15.9 Å². The topological polar surface area (TPSA) is 41.1 Å². The summed E-state index contributed by atoms with van der Waals surface area (Å²) in [5, 5.41) is 6.78. The lowest BCUT2D eigenvalue weighted by atomic mass is 10.2. The van der Waals surface area contributed by atoms with Crippen LogP contribution in [0.15, 0.2) is 12.2 Å². The van der Waals surface area contributed by atoms with E-state index in [-0.39, 0.29) is 6.03 Å². The molecule has 0 aliphatic heterocycles. The van der Waals surface area contributed by atoms with Crippen LogP contribution in [0.5, 0.6) is 0 Å². The van der Waals surface area contributed by atoms with Crippen molar-refractivity contribution in [2.45, 2.75) is 51.9 Å². The third kappa shape index (κ3) is 13.6. The highest BCUT2D eigenvalue weighted by atomic mass is 79.9. The molecule has 18 heavy (non-hydrogen) atoms. The average molecular weight is 319 g/mol. The van der Waals surface area contributed by atoms with Crippen molar-refractivity contribution in [3.63, 3.8) is 0 Å². The number of alkyl halides is 1. The van der Waals surface area contributed by atoms with Gasteiger partial charge in [-0.25, -0.2) is 4.79 Å². The summed E-state index contributed by atoms with van der Waals surface area (Å²) in [7, 11) is 0. The van der Waals surface area contributed by atoms with E-state index in [1.165, 1.54) is 12.8 Å². The van der Waals surface area contributed by atoms with Gasteiger partial charge in [-0.15, -0.1) is 0 Å². The van der Waals surface area contributed by atoms with Crippen LogP contribution in [0.4, 0.5) is 4.79 Å². The predicted octanol–water partition coefficient (Wildman–Crippen LogP) is 3.99. The Morgan fingerprint density at radius 2 is 1.61 bits per heavy atom. The second-order valence-corrected chi connectivity index (χ2v) is 5.13. The zero-order chi connectivity index (χ0) is 13.5. The maximum absolute atomic E-state index is 11.3. The Hall–Kier alpha value is -0.510. The molecular weight excluding hydrogens is 292 g/mol. The minimum Gasteiger partial charge on any atom is -0.338 e. The number of unbranched alkanes of at least 4 members (excludes halogenated alkanes) is 4. The maximum atomic E-state index is 11.3. The van der Waals surface area contributed by atoms with Gasteiger partial charge in [0.1, 0.15) is 0 Å². The van der Waals surface area contributed by atoms with Gasteiger partial charge < -0.3 is 10.6 Å². The van der Waals surface area contributed by atoms with E-state index >= 15 is 0 Å². The van der Waals surface area contributed by atoms with Gasteiger partial charge in [-0.1, -0.05) is 47.8 Å². The number of hydrogen-bond acceptors (Lipinski definition) is 1. The summed E-state index contributed by atoms with van der Waals surface area (Å²) >= 11 is 3.38. The van der Waals surface area contributed by atoms with Crippen molar-refractivity contribution in [2.24, 2.45) is 0 Å². The van der Waals surface area contributed by atoms with Gasteiger partial charge in [-0.2, -0.15) is 0 Å². The van der Waals surface area contributed by atoms with Gasteiger partial charge in [0.25, 0.3) is 0 Å². The number of nitrogens with one attached hydrogen (secondary N) is 2. The summed E-state index contributed by atoms with van der Waals surface area (Å²) < 4.78 is 0. The monoisotopic (exact) mass is 318 g/mol. The quantitative estimate of drug-likeness (QED) is 0.337. The summed E-state index contributed by atoms with van der Waals surface area (Å²) in [5.41, 5.74) is 0. The van der Waals surface area contributed by atoms with Crippen LogP contribution in [0, 0.1) is 0 Å². The fourth-order valence-corrected chi connectivity index (χ4v) is 1.79. The van der Waals surface area contributed by atoms with E-state index in [1.807, 2.05) is 0 Å². The number of halogens is 1. The molecule has 0 aromatic heterocycles. The molecule has 0 rings (SSSR count). The Morgan fingerprint density at radius 1 is 1.00 bits per heavy atom. The standard InChI is InChI=1S/C14H27BrN2O/c1-2-3-9-12-16-14(18)17-13-10-7-5-4-6-8-11-15/h4,6H,2-3,5,7-13H2,1H3,(H2,16,17,18)/b6-4-. The zero-order valence-electron chi connectivity index (χ0n) is 11.5. The van der Waals surface area contributed by atoms with E-state index in [1.54, 1.807) is 0 Å². The lowest BCUT2D eigenvalue weighted by Crippen LogP contribution is -2.36. The van der Waals surface area contributed by atoms with Crippen LogP contribution in [0.3, 0.4) is 0 Å². The van der Waals surface area contributed by atoms with Crippen LogP contribution in [0.25, 0.3) is 0 Å². The van der Waals surface area contributed by atoms with Gasteiger partial charge in [0.05, 0.1) is 0 Å². The Balaban J connectivity index is 3.20. The molecule has 0 aromatic carbocycles. The third-order valence-corrected chi connectivity index (χ3v) is 3.05. The van der Waals surface area contributed by atoms with Crippen LogP contribution < -0.4 is 10.6 Å². The highest BCUT2D eigenvalue weighted by Gasteiger charge is 1.97. The van der Waals surface area contributed by atoms with Gasteiger partial charge in [0.15, 0.2) is 0 Å². The molecule has 0 saturated carbocycles. The average Bonchev–Trinajstić information content (AvgIpc) is 2.38. The van der Waals surface area contributed by atoms with E-state index in [0.29, 0.717) is 0 Å². The minimum atomic E-state index is -0.0269. The van der Waals surface area contributed by atoms with E-state index in [4.69, 9.17) is 0 Å². The van der Waals surface area contributed by atoms with Gasteiger partial charge in [0, 0.05) is 18.4 Å². The summed E-state index contributed by atoms with van der Waals surface area (Å²) in [6.07, 6.45) is 12.2. The zero-order valence-corrected chi connectivity index (χ0v) is 13.1. The molecule has 0 unspecified atom stereocenters. The smallest absolute Gasteiger partial charge is 0.314 e. The second kappa shape index (κ2) is 14.6.